The van der Waals surface area contributed by atoms with Gasteiger partial charge in [0, 0.05) is 30.7 Å². The fourth-order valence-electron chi connectivity index (χ4n) is 4.71. The molecule has 2 amide bonds. The van der Waals surface area contributed by atoms with E-state index in [1.54, 1.807) is 6.20 Å². The molecular formula is C29H30N4O2. The van der Waals surface area contributed by atoms with Crippen molar-refractivity contribution in [2.75, 3.05) is 23.3 Å². The maximum Gasteiger partial charge on any atom is 0.278 e. The van der Waals surface area contributed by atoms with Crippen LogP contribution in [0.3, 0.4) is 0 Å². The van der Waals surface area contributed by atoms with E-state index in [0.717, 1.165) is 35.5 Å². The Kier molecular flexibility index (Phi) is 6.36. The zero-order valence-corrected chi connectivity index (χ0v) is 20.3. The van der Waals surface area contributed by atoms with E-state index in [0.29, 0.717) is 17.0 Å². The van der Waals surface area contributed by atoms with E-state index in [1.165, 1.54) is 29.8 Å². The molecule has 0 spiro atoms. The summed E-state index contributed by atoms with van der Waals surface area (Å²) >= 11 is 0. The first-order valence-electron chi connectivity index (χ1n) is 12.2. The number of hydrogen-bond donors (Lipinski definition) is 1. The van der Waals surface area contributed by atoms with Gasteiger partial charge in [0.1, 0.15) is 5.70 Å². The predicted octanol–water partition coefficient (Wildman–Crippen LogP) is 5.08. The highest BCUT2D eigenvalue weighted by atomic mass is 16.2. The Labute approximate surface area is 206 Å². The van der Waals surface area contributed by atoms with Crippen molar-refractivity contribution in [3.8, 4) is 0 Å². The van der Waals surface area contributed by atoms with Gasteiger partial charge in [0.05, 0.1) is 17.8 Å². The quantitative estimate of drug-likeness (QED) is 0.513. The van der Waals surface area contributed by atoms with Crippen LogP contribution in [-0.4, -0.2) is 34.8 Å². The standard InChI is InChI=1S/C29H30N4O2/c1-20-9-10-22(18-21(20)2)26-27(29(35)33(28(26)34)19-24-8-4-5-15-30-24)31-23-11-13-25(14-12-23)32-16-6-3-7-17-32/h4-5,8-15,18,31H,3,6-7,16-17,19H2,1-2H3. The van der Waals surface area contributed by atoms with Crippen LogP contribution in [0.1, 0.15) is 41.6 Å². The number of amides is 2. The monoisotopic (exact) mass is 466 g/mol. The number of carbonyl (C=O) groups excluding carboxylic acids is 2. The minimum absolute atomic E-state index is 0.131. The van der Waals surface area contributed by atoms with Gasteiger partial charge in [-0.15, -0.1) is 0 Å². The number of aryl methyl sites for hydroxylation is 2. The van der Waals surface area contributed by atoms with Crippen LogP contribution in [0.4, 0.5) is 11.4 Å². The molecule has 0 radical (unpaired) electrons. The number of hydrogen-bond acceptors (Lipinski definition) is 5. The van der Waals surface area contributed by atoms with E-state index >= 15 is 0 Å². The van der Waals surface area contributed by atoms with E-state index < -0.39 is 0 Å². The summed E-state index contributed by atoms with van der Waals surface area (Å²) < 4.78 is 0. The van der Waals surface area contributed by atoms with Crippen molar-refractivity contribution in [2.45, 2.75) is 39.7 Å². The average Bonchev–Trinajstić information content (AvgIpc) is 3.11. The van der Waals surface area contributed by atoms with Crippen molar-refractivity contribution >= 4 is 28.8 Å². The molecule has 1 fully saturated rings. The van der Waals surface area contributed by atoms with E-state index in [4.69, 9.17) is 0 Å². The Morgan fingerprint density at radius 2 is 1.63 bits per heavy atom. The van der Waals surface area contributed by atoms with Crippen LogP contribution < -0.4 is 10.2 Å². The molecule has 6 nitrogen and oxygen atoms in total. The lowest BCUT2D eigenvalue weighted by Crippen LogP contribution is -2.32. The number of carbonyl (C=O) groups is 2. The lowest BCUT2D eigenvalue weighted by atomic mass is 9.99. The SMILES string of the molecule is Cc1ccc(C2=C(Nc3ccc(N4CCCCC4)cc3)C(=O)N(Cc3ccccn3)C2=O)cc1C. The summed E-state index contributed by atoms with van der Waals surface area (Å²) in [6.45, 7) is 6.32. The molecule has 3 aromatic rings. The minimum Gasteiger partial charge on any atom is -0.372 e. The number of imide groups is 1. The van der Waals surface area contributed by atoms with Gasteiger partial charge < -0.3 is 10.2 Å². The molecule has 0 bridgehead atoms. The Balaban J connectivity index is 1.47. The first-order chi connectivity index (χ1) is 17.0. The van der Waals surface area contributed by atoms with Crippen LogP contribution in [-0.2, 0) is 16.1 Å². The second-order valence-corrected chi connectivity index (χ2v) is 9.29. The number of pyridine rings is 1. The Hall–Kier alpha value is -3.93. The van der Waals surface area contributed by atoms with Crippen molar-refractivity contribution < 1.29 is 9.59 Å². The maximum absolute atomic E-state index is 13.6. The van der Waals surface area contributed by atoms with Crippen LogP contribution in [0.2, 0.25) is 0 Å². The Morgan fingerprint density at radius 1 is 0.857 bits per heavy atom. The third-order valence-corrected chi connectivity index (χ3v) is 6.87. The number of nitrogens with one attached hydrogen (secondary N) is 1. The average molecular weight is 467 g/mol. The molecule has 2 aromatic carbocycles. The third kappa shape index (κ3) is 4.69. The molecule has 2 aliphatic rings. The van der Waals surface area contributed by atoms with Gasteiger partial charge in [-0.25, -0.2) is 0 Å². The minimum atomic E-state index is -0.339. The van der Waals surface area contributed by atoms with Crippen LogP contribution in [0.25, 0.3) is 5.57 Å². The van der Waals surface area contributed by atoms with Crippen LogP contribution in [0.15, 0.2) is 72.6 Å². The highest BCUT2D eigenvalue weighted by molar-refractivity contribution is 6.36. The van der Waals surface area contributed by atoms with Gasteiger partial charge in [0.2, 0.25) is 0 Å². The zero-order valence-electron chi connectivity index (χ0n) is 20.3. The van der Waals surface area contributed by atoms with E-state index in [2.05, 4.69) is 27.3 Å². The van der Waals surface area contributed by atoms with Crippen molar-refractivity contribution in [3.63, 3.8) is 0 Å². The van der Waals surface area contributed by atoms with Crippen LogP contribution >= 0.6 is 0 Å². The van der Waals surface area contributed by atoms with Gasteiger partial charge in [-0.3, -0.25) is 19.5 Å². The van der Waals surface area contributed by atoms with E-state index in [9.17, 15) is 9.59 Å². The molecular weight excluding hydrogens is 436 g/mol. The summed E-state index contributed by atoms with van der Waals surface area (Å²) in [7, 11) is 0. The van der Waals surface area contributed by atoms with Crippen LogP contribution in [0.5, 0.6) is 0 Å². The largest absolute Gasteiger partial charge is 0.372 e. The normalized spacial score (nSPS) is 16.3. The first kappa shape index (κ1) is 22.8. The third-order valence-electron chi connectivity index (χ3n) is 6.87. The first-order valence-corrected chi connectivity index (χ1v) is 12.2. The van der Waals surface area contributed by atoms with Gasteiger partial charge in [0.25, 0.3) is 11.8 Å². The molecule has 3 heterocycles. The molecule has 6 heteroatoms. The van der Waals surface area contributed by atoms with Gasteiger partial charge >= 0.3 is 0 Å². The topological polar surface area (TPSA) is 65.5 Å². The van der Waals surface area contributed by atoms with E-state index in [1.807, 2.05) is 62.4 Å². The molecule has 0 atom stereocenters. The molecule has 1 N–H and O–H groups in total. The highest BCUT2D eigenvalue weighted by Crippen LogP contribution is 2.33. The number of piperidine rings is 1. The summed E-state index contributed by atoms with van der Waals surface area (Å²) in [5.41, 5.74) is 6.28. The van der Waals surface area contributed by atoms with Crippen molar-refractivity contribution in [2.24, 2.45) is 0 Å². The van der Waals surface area contributed by atoms with Gasteiger partial charge in [-0.05, 0) is 86.2 Å². The lowest BCUT2D eigenvalue weighted by molar-refractivity contribution is -0.137. The van der Waals surface area contributed by atoms with Crippen LogP contribution in [0, 0.1) is 13.8 Å². The number of rotatable bonds is 6. The second-order valence-electron chi connectivity index (χ2n) is 9.29. The van der Waals surface area contributed by atoms with Crippen molar-refractivity contribution in [1.29, 1.82) is 0 Å². The van der Waals surface area contributed by atoms with Crippen molar-refractivity contribution in [3.05, 3.63) is 94.9 Å². The molecule has 5 rings (SSSR count). The molecule has 0 unspecified atom stereocenters. The van der Waals surface area contributed by atoms with Gasteiger partial charge in [0.15, 0.2) is 0 Å². The molecule has 35 heavy (non-hydrogen) atoms. The van der Waals surface area contributed by atoms with Gasteiger partial charge in [-0.1, -0.05) is 24.3 Å². The number of nitrogens with zero attached hydrogens (tertiary/aromatic N) is 3. The number of anilines is 2. The summed E-state index contributed by atoms with van der Waals surface area (Å²) in [4.78, 5) is 35.1. The summed E-state index contributed by atoms with van der Waals surface area (Å²) in [5, 5.41) is 3.28. The number of aromatic nitrogens is 1. The summed E-state index contributed by atoms with van der Waals surface area (Å²) in [6, 6.07) is 19.5. The molecule has 0 saturated carbocycles. The molecule has 1 aromatic heterocycles. The fraction of sp³-hybridized carbons (Fsp3) is 0.276. The highest BCUT2D eigenvalue weighted by Gasteiger charge is 2.39. The molecule has 178 valence electrons. The molecule has 1 saturated heterocycles. The predicted molar refractivity (Wildman–Crippen MR) is 139 cm³/mol. The Morgan fingerprint density at radius 3 is 2.31 bits per heavy atom. The maximum atomic E-state index is 13.6. The summed E-state index contributed by atoms with van der Waals surface area (Å²) in [5.74, 6) is -0.648. The fourth-order valence-corrected chi connectivity index (χ4v) is 4.71. The molecule has 2 aliphatic heterocycles. The number of benzene rings is 2. The summed E-state index contributed by atoms with van der Waals surface area (Å²) in [6.07, 6.45) is 5.39. The molecule has 0 aliphatic carbocycles. The van der Waals surface area contributed by atoms with Gasteiger partial charge in [-0.2, -0.15) is 0 Å². The second kappa shape index (κ2) is 9.74. The van der Waals surface area contributed by atoms with Crippen molar-refractivity contribution in [1.82, 2.24) is 9.88 Å². The zero-order chi connectivity index (χ0) is 24.4. The smallest absolute Gasteiger partial charge is 0.278 e. The lowest BCUT2D eigenvalue weighted by Gasteiger charge is -2.28. The Bertz CT molecular complexity index is 1280. The van der Waals surface area contributed by atoms with E-state index in [-0.39, 0.29) is 18.4 Å².